The van der Waals surface area contributed by atoms with Crippen LogP contribution in [0.3, 0.4) is 0 Å². The first-order valence-corrected chi connectivity index (χ1v) is 8.22. The van der Waals surface area contributed by atoms with E-state index in [-0.39, 0.29) is 0 Å². The van der Waals surface area contributed by atoms with E-state index < -0.39 is 0 Å². The summed E-state index contributed by atoms with van der Waals surface area (Å²) in [5.74, 6) is 0.997. The molecule has 0 saturated carbocycles. The van der Waals surface area contributed by atoms with Crippen LogP contribution in [-0.4, -0.2) is 33.9 Å². The Bertz CT molecular complexity index is 892. The molecule has 1 aliphatic heterocycles. The monoisotopic (exact) mass is 320 g/mol. The molecule has 6 heteroatoms. The topological polar surface area (TPSA) is 92.1 Å². The Morgan fingerprint density at radius 3 is 3.04 bits per heavy atom. The summed E-state index contributed by atoms with van der Waals surface area (Å²) in [6.45, 7) is 2.01. The van der Waals surface area contributed by atoms with Gasteiger partial charge in [-0.05, 0) is 36.6 Å². The number of benzene rings is 1. The number of hydrogen-bond acceptors (Lipinski definition) is 5. The van der Waals surface area contributed by atoms with Crippen LogP contribution in [0.1, 0.15) is 30.0 Å². The minimum absolute atomic E-state index is 0.390. The molecule has 1 fully saturated rings. The molecule has 1 saturated heterocycles. The lowest BCUT2D eigenvalue weighted by Gasteiger charge is -2.22. The molecular formula is C18H20N6. The lowest BCUT2D eigenvalue weighted by molar-refractivity contribution is 0.455. The molecule has 3 aromatic rings. The second-order valence-electron chi connectivity index (χ2n) is 6.21. The summed E-state index contributed by atoms with van der Waals surface area (Å²) in [4.78, 5) is 4.87. The van der Waals surface area contributed by atoms with Gasteiger partial charge in [-0.1, -0.05) is 18.2 Å². The highest BCUT2D eigenvalue weighted by Gasteiger charge is 2.19. The highest BCUT2D eigenvalue weighted by atomic mass is 15.3. The van der Waals surface area contributed by atoms with E-state index in [4.69, 9.17) is 16.1 Å². The summed E-state index contributed by atoms with van der Waals surface area (Å²) in [6, 6.07) is 9.77. The third kappa shape index (κ3) is 2.55. The van der Waals surface area contributed by atoms with Crippen molar-refractivity contribution in [3.8, 4) is 11.1 Å². The molecule has 0 bridgehead atoms. The SMILES string of the molecule is N=Cc1cccc(-c2cnn3c(N)cc(C4CCCNC4)nc23)c1. The van der Waals surface area contributed by atoms with Crippen molar-refractivity contribution < 1.29 is 0 Å². The number of nitrogens with zero attached hydrogens (tertiary/aromatic N) is 3. The van der Waals surface area contributed by atoms with E-state index in [1.807, 2.05) is 30.3 Å². The highest BCUT2D eigenvalue weighted by Crippen LogP contribution is 2.29. The minimum Gasteiger partial charge on any atom is -0.384 e. The highest BCUT2D eigenvalue weighted by molar-refractivity contribution is 5.84. The number of aromatic nitrogens is 3. The van der Waals surface area contributed by atoms with Gasteiger partial charge in [-0.25, -0.2) is 4.98 Å². The van der Waals surface area contributed by atoms with Crippen LogP contribution in [0, 0.1) is 5.41 Å². The van der Waals surface area contributed by atoms with Gasteiger partial charge in [0, 0.05) is 30.3 Å². The fourth-order valence-corrected chi connectivity index (χ4v) is 3.32. The summed E-state index contributed by atoms with van der Waals surface area (Å²) in [7, 11) is 0. The van der Waals surface area contributed by atoms with Crippen LogP contribution in [-0.2, 0) is 0 Å². The normalized spacial score (nSPS) is 17.9. The number of nitrogens with one attached hydrogen (secondary N) is 2. The lowest BCUT2D eigenvalue weighted by Crippen LogP contribution is -2.29. The first kappa shape index (κ1) is 14.8. The van der Waals surface area contributed by atoms with Crippen molar-refractivity contribution in [3.63, 3.8) is 0 Å². The molecule has 6 nitrogen and oxygen atoms in total. The number of anilines is 1. The molecule has 0 spiro atoms. The summed E-state index contributed by atoms with van der Waals surface area (Å²) < 4.78 is 1.69. The molecule has 0 aliphatic carbocycles. The largest absolute Gasteiger partial charge is 0.384 e. The smallest absolute Gasteiger partial charge is 0.165 e. The molecule has 0 amide bonds. The predicted molar refractivity (Wildman–Crippen MR) is 95.6 cm³/mol. The molecule has 4 N–H and O–H groups in total. The Labute approximate surface area is 140 Å². The van der Waals surface area contributed by atoms with E-state index in [1.54, 1.807) is 10.7 Å². The number of hydrogen-bond donors (Lipinski definition) is 3. The van der Waals surface area contributed by atoms with Crippen molar-refractivity contribution in [2.24, 2.45) is 0 Å². The molecule has 3 heterocycles. The Balaban J connectivity index is 1.84. The van der Waals surface area contributed by atoms with Gasteiger partial charge in [0.25, 0.3) is 0 Å². The maximum absolute atomic E-state index is 7.44. The lowest BCUT2D eigenvalue weighted by atomic mass is 9.96. The zero-order chi connectivity index (χ0) is 16.5. The number of nitrogens with two attached hydrogens (primary N) is 1. The van der Waals surface area contributed by atoms with Gasteiger partial charge in [0.05, 0.1) is 11.9 Å². The Morgan fingerprint density at radius 1 is 1.33 bits per heavy atom. The summed E-state index contributed by atoms with van der Waals surface area (Å²) in [6.07, 6.45) is 5.42. The third-order valence-corrected chi connectivity index (χ3v) is 4.60. The summed E-state index contributed by atoms with van der Waals surface area (Å²) in [5.41, 5.74) is 10.8. The van der Waals surface area contributed by atoms with Gasteiger partial charge in [-0.2, -0.15) is 9.61 Å². The number of rotatable bonds is 3. The van der Waals surface area contributed by atoms with Crippen molar-refractivity contribution in [1.29, 1.82) is 5.41 Å². The Hall–Kier alpha value is -2.73. The van der Waals surface area contributed by atoms with Crippen molar-refractivity contribution in [1.82, 2.24) is 19.9 Å². The predicted octanol–water partition coefficient (Wildman–Crippen LogP) is 2.44. The first-order chi connectivity index (χ1) is 11.8. The van der Waals surface area contributed by atoms with Gasteiger partial charge >= 0.3 is 0 Å². The zero-order valence-electron chi connectivity index (χ0n) is 13.4. The molecule has 4 rings (SSSR count). The fraction of sp³-hybridized carbons (Fsp3) is 0.278. The van der Waals surface area contributed by atoms with Gasteiger partial charge < -0.3 is 16.5 Å². The van der Waals surface area contributed by atoms with E-state index in [0.29, 0.717) is 11.7 Å². The summed E-state index contributed by atoms with van der Waals surface area (Å²) in [5, 5.41) is 15.3. The van der Waals surface area contributed by atoms with Crippen molar-refractivity contribution in [3.05, 3.63) is 47.8 Å². The number of piperidine rings is 1. The van der Waals surface area contributed by atoms with Crippen LogP contribution in [0.5, 0.6) is 0 Å². The van der Waals surface area contributed by atoms with Gasteiger partial charge in [0.15, 0.2) is 5.65 Å². The molecule has 0 radical (unpaired) electrons. The van der Waals surface area contributed by atoms with Crippen molar-refractivity contribution >= 4 is 17.7 Å². The van der Waals surface area contributed by atoms with Gasteiger partial charge in [-0.3, -0.25) is 0 Å². The second kappa shape index (κ2) is 6.05. The van der Waals surface area contributed by atoms with E-state index in [0.717, 1.165) is 54.0 Å². The van der Waals surface area contributed by atoms with E-state index in [9.17, 15) is 0 Å². The van der Waals surface area contributed by atoms with E-state index in [2.05, 4.69) is 10.4 Å². The molecule has 24 heavy (non-hydrogen) atoms. The average molecular weight is 320 g/mol. The van der Waals surface area contributed by atoms with Crippen LogP contribution >= 0.6 is 0 Å². The minimum atomic E-state index is 0.390. The Morgan fingerprint density at radius 2 is 2.25 bits per heavy atom. The second-order valence-corrected chi connectivity index (χ2v) is 6.21. The third-order valence-electron chi connectivity index (χ3n) is 4.60. The van der Waals surface area contributed by atoms with E-state index >= 15 is 0 Å². The first-order valence-electron chi connectivity index (χ1n) is 8.22. The van der Waals surface area contributed by atoms with Crippen LogP contribution in [0.2, 0.25) is 0 Å². The van der Waals surface area contributed by atoms with E-state index in [1.165, 1.54) is 6.21 Å². The molecular weight excluding hydrogens is 300 g/mol. The van der Waals surface area contributed by atoms with Gasteiger partial charge in [0.1, 0.15) is 5.82 Å². The van der Waals surface area contributed by atoms with Crippen LogP contribution in [0.15, 0.2) is 36.5 Å². The average Bonchev–Trinajstić information content (AvgIpc) is 3.07. The van der Waals surface area contributed by atoms with Crippen LogP contribution in [0.4, 0.5) is 5.82 Å². The van der Waals surface area contributed by atoms with Gasteiger partial charge in [0.2, 0.25) is 0 Å². The standard InChI is InChI=1S/C18H20N6/c19-9-12-3-1-4-13(7-12)15-11-22-24-17(20)8-16(23-18(15)24)14-5-2-6-21-10-14/h1,3-4,7-9,11,14,19,21H,2,5-6,10,20H2. The maximum atomic E-state index is 7.44. The van der Waals surface area contributed by atoms with Crippen LogP contribution < -0.4 is 11.1 Å². The zero-order valence-corrected chi connectivity index (χ0v) is 13.4. The fourth-order valence-electron chi connectivity index (χ4n) is 3.32. The molecule has 2 aromatic heterocycles. The molecule has 1 aromatic carbocycles. The maximum Gasteiger partial charge on any atom is 0.165 e. The van der Waals surface area contributed by atoms with Crippen molar-refractivity contribution in [2.75, 3.05) is 18.8 Å². The molecule has 1 atom stereocenters. The Kier molecular flexibility index (Phi) is 3.74. The quantitative estimate of drug-likeness (QED) is 0.646. The molecule has 122 valence electrons. The number of nitrogen functional groups attached to an aromatic ring is 1. The molecule has 1 unspecified atom stereocenters. The van der Waals surface area contributed by atoms with Crippen LogP contribution in [0.25, 0.3) is 16.8 Å². The number of fused-ring (bicyclic) bond motifs is 1. The molecule has 1 aliphatic rings. The van der Waals surface area contributed by atoms with Gasteiger partial charge in [-0.15, -0.1) is 0 Å². The summed E-state index contributed by atoms with van der Waals surface area (Å²) >= 11 is 0. The van der Waals surface area contributed by atoms with Crippen molar-refractivity contribution in [2.45, 2.75) is 18.8 Å².